The molecule has 0 bridgehead atoms. The molecular formula is C14H20N2O2. The van der Waals surface area contributed by atoms with Crippen molar-refractivity contribution in [3.05, 3.63) is 35.9 Å². The summed E-state index contributed by atoms with van der Waals surface area (Å²) in [7, 11) is 0. The maximum Gasteiger partial charge on any atom is 0.338 e. The van der Waals surface area contributed by atoms with Crippen LogP contribution in [0, 0.1) is 11.8 Å². The van der Waals surface area contributed by atoms with Crippen molar-refractivity contribution >= 4 is 6.03 Å². The van der Waals surface area contributed by atoms with Gasteiger partial charge in [0, 0.05) is 0 Å². The van der Waals surface area contributed by atoms with Gasteiger partial charge < -0.3 is 5.73 Å². The Bertz CT molecular complexity index is 408. The number of hydrogen-bond donors (Lipinski definition) is 2. The molecule has 1 saturated carbocycles. The number of primary amides is 1. The summed E-state index contributed by atoms with van der Waals surface area (Å²) < 4.78 is 0. The van der Waals surface area contributed by atoms with E-state index in [9.17, 15) is 10.0 Å². The van der Waals surface area contributed by atoms with Gasteiger partial charge >= 0.3 is 6.03 Å². The van der Waals surface area contributed by atoms with Gasteiger partial charge in [0.05, 0.1) is 6.04 Å². The number of carbonyl (C=O) groups is 1. The van der Waals surface area contributed by atoms with Gasteiger partial charge in [-0.3, -0.25) is 5.21 Å². The standard InChI is InChI=1S/C14H20N2O2/c1-10(16(18)14(15)17)13-9-12(13)8-7-11-5-3-2-4-6-11/h2-6,10,12-13,18H,7-9H2,1H3,(H2,15,17)/t10?,12-,13+/m1/s1. The molecule has 1 aliphatic rings. The lowest BCUT2D eigenvalue weighted by Crippen LogP contribution is -2.40. The third kappa shape index (κ3) is 3.01. The van der Waals surface area contributed by atoms with Crippen molar-refractivity contribution in [2.75, 3.05) is 0 Å². The molecule has 1 fully saturated rings. The summed E-state index contributed by atoms with van der Waals surface area (Å²) in [6, 6.07) is 9.42. The van der Waals surface area contributed by atoms with Crippen molar-refractivity contribution in [3.8, 4) is 0 Å². The molecule has 98 valence electrons. The van der Waals surface area contributed by atoms with Crippen LogP contribution >= 0.6 is 0 Å². The molecule has 1 unspecified atom stereocenters. The van der Waals surface area contributed by atoms with Crippen molar-refractivity contribution in [1.82, 2.24) is 5.06 Å². The number of urea groups is 1. The highest BCUT2D eigenvalue weighted by molar-refractivity contribution is 5.70. The summed E-state index contributed by atoms with van der Waals surface area (Å²) in [6.07, 6.45) is 3.22. The Morgan fingerprint density at radius 3 is 2.78 bits per heavy atom. The minimum atomic E-state index is -0.767. The van der Waals surface area contributed by atoms with Crippen LogP contribution in [0.25, 0.3) is 0 Å². The highest BCUT2D eigenvalue weighted by Crippen LogP contribution is 2.45. The summed E-state index contributed by atoms with van der Waals surface area (Å²) in [4.78, 5) is 10.9. The van der Waals surface area contributed by atoms with Crippen LogP contribution in [-0.2, 0) is 6.42 Å². The normalized spacial score (nSPS) is 23.4. The maximum absolute atomic E-state index is 10.9. The number of carbonyl (C=O) groups excluding carboxylic acids is 1. The van der Waals surface area contributed by atoms with E-state index in [1.54, 1.807) is 0 Å². The van der Waals surface area contributed by atoms with E-state index in [4.69, 9.17) is 5.73 Å². The van der Waals surface area contributed by atoms with Crippen LogP contribution in [0.1, 0.15) is 25.3 Å². The van der Waals surface area contributed by atoms with Crippen molar-refractivity contribution in [3.63, 3.8) is 0 Å². The van der Waals surface area contributed by atoms with Gasteiger partial charge in [0.15, 0.2) is 0 Å². The summed E-state index contributed by atoms with van der Waals surface area (Å²) in [5.74, 6) is 0.973. The van der Waals surface area contributed by atoms with Gasteiger partial charge in [-0.05, 0) is 43.6 Å². The first-order valence-corrected chi connectivity index (χ1v) is 6.41. The Labute approximate surface area is 107 Å². The zero-order valence-corrected chi connectivity index (χ0v) is 10.6. The summed E-state index contributed by atoms with van der Waals surface area (Å²) in [5, 5.41) is 10.1. The van der Waals surface area contributed by atoms with E-state index in [0.29, 0.717) is 16.9 Å². The molecule has 0 aromatic heterocycles. The summed E-state index contributed by atoms with van der Waals surface area (Å²) >= 11 is 0. The maximum atomic E-state index is 10.9. The molecule has 2 amide bonds. The molecule has 3 atom stereocenters. The van der Waals surface area contributed by atoms with Gasteiger partial charge in [-0.25, -0.2) is 9.86 Å². The predicted molar refractivity (Wildman–Crippen MR) is 69.0 cm³/mol. The van der Waals surface area contributed by atoms with E-state index >= 15 is 0 Å². The fourth-order valence-electron chi connectivity index (χ4n) is 2.57. The first kappa shape index (κ1) is 12.9. The third-order valence-electron chi connectivity index (χ3n) is 3.86. The van der Waals surface area contributed by atoms with Crippen molar-refractivity contribution in [2.24, 2.45) is 17.6 Å². The van der Waals surface area contributed by atoms with Crippen molar-refractivity contribution < 1.29 is 10.0 Å². The van der Waals surface area contributed by atoms with Gasteiger partial charge in [-0.15, -0.1) is 0 Å². The van der Waals surface area contributed by atoms with Crippen LogP contribution in [0.2, 0.25) is 0 Å². The summed E-state index contributed by atoms with van der Waals surface area (Å²) in [5.41, 5.74) is 6.39. The number of amides is 2. The van der Waals surface area contributed by atoms with Gasteiger partial charge in [0.1, 0.15) is 0 Å². The van der Waals surface area contributed by atoms with Gasteiger partial charge in [0.2, 0.25) is 0 Å². The van der Waals surface area contributed by atoms with E-state index < -0.39 is 6.03 Å². The third-order valence-corrected chi connectivity index (χ3v) is 3.86. The molecule has 0 spiro atoms. The van der Waals surface area contributed by atoms with Gasteiger partial charge in [-0.1, -0.05) is 30.3 Å². The lowest BCUT2D eigenvalue weighted by Gasteiger charge is -2.20. The average Bonchev–Trinajstić information content (AvgIpc) is 3.15. The molecule has 4 heteroatoms. The molecule has 0 radical (unpaired) electrons. The average molecular weight is 248 g/mol. The number of rotatable bonds is 5. The zero-order valence-electron chi connectivity index (χ0n) is 10.6. The molecule has 2 rings (SSSR count). The van der Waals surface area contributed by atoms with E-state index in [0.717, 1.165) is 19.3 Å². The van der Waals surface area contributed by atoms with E-state index in [-0.39, 0.29) is 6.04 Å². The van der Waals surface area contributed by atoms with Crippen LogP contribution in [-0.4, -0.2) is 22.3 Å². The van der Waals surface area contributed by atoms with Crippen molar-refractivity contribution in [1.29, 1.82) is 0 Å². The predicted octanol–water partition coefficient (Wildman–Crippen LogP) is 2.41. The lowest BCUT2D eigenvalue weighted by molar-refractivity contribution is -0.0769. The van der Waals surface area contributed by atoms with E-state index in [1.165, 1.54) is 5.56 Å². The Balaban J connectivity index is 1.77. The zero-order chi connectivity index (χ0) is 13.1. The Hall–Kier alpha value is -1.55. The minimum absolute atomic E-state index is 0.178. The Morgan fingerprint density at radius 1 is 1.50 bits per heavy atom. The molecule has 1 aromatic rings. The van der Waals surface area contributed by atoms with Crippen LogP contribution < -0.4 is 5.73 Å². The first-order chi connectivity index (χ1) is 8.59. The SMILES string of the molecule is CC([C@@H]1C[C@H]1CCc1ccccc1)N(O)C(N)=O. The monoisotopic (exact) mass is 248 g/mol. The Kier molecular flexibility index (Phi) is 3.87. The molecule has 3 N–H and O–H groups in total. The number of hydrogen-bond acceptors (Lipinski definition) is 2. The van der Waals surface area contributed by atoms with Gasteiger partial charge in [-0.2, -0.15) is 0 Å². The van der Waals surface area contributed by atoms with Crippen molar-refractivity contribution in [2.45, 2.75) is 32.2 Å². The second kappa shape index (κ2) is 5.40. The minimum Gasteiger partial charge on any atom is -0.350 e. The molecule has 0 heterocycles. The van der Waals surface area contributed by atoms with Crippen LogP contribution in [0.15, 0.2) is 30.3 Å². The number of hydroxylamine groups is 2. The molecule has 1 aliphatic carbocycles. The largest absolute Gasteiger partial charge is 0.350 e. The molecule has 1 aromatic carbocycles. The molecular weight excluding hydrogens is 228 g/mol. The quantitative estimate of drug-likeness (QED) is 0.620. The highest BCUT2D eigenvalue weighted by Gasteiger charge is 2.43. The second-order valence-corrected chi connectivity index (χ2v) is 5.11. The Morgan fingerprint density at radius 2 is 2.17 bits per heavy atom. The van der Waals surface area contributed by atoms with Crippen LogP contribution in [0.5, 0.6) is 0 Å². The molecule has 18 heavy (non-hydrogen) atoms. The smallest absolute Gasteiger partial charge is 0.338 e. The number of aryl methyl sites for hydroxylation is 1. The van der Waals surface area contributed by atoms with Crippen LogP contribution in [0.3, 0.4) is 0 Å². The fraction of sp³-hybridized carbons (Fsp3) is 0.500. The van der Waals surface area contributed by atoms with E-state index in [2.05, 4.69) is 12.1 Å². The first-order valence-electron chi connectivity index (χ1n) is 6.41. The van der Waals surface area contributed by atoms with E-state index in [1.807, 2.05) is 25.1 Å². The molecule has 0 saturated heterocycles. The molecule has 4 nitrogen and oxygen atoms in total. The molecule has 0 aliphatic heterocycles. The lowest BCUT2D eigenvalue weighted by atomic mass is 10.0. The number of nitrogens with zero attached hydrogens (tertiary/aromatic N) is 1. The van der Waals surface area contributed by atoms with Gasteiger partial charge in [0.25, 0.3) is 0 Å². The van der Waals surface area contributed by atoms with Crippen LogP contribution in [0.4, 0.5) is 4.79 Å². The number of nitrogens with two attached hydrogens (primary N) is 1. The topological polar surface area (TPSA) is 66.6 Å². The second-order valence-electron chi connectivity index (χ2n) is 5.11. The highest BCUT2D eigenvalue weighted by atomic mass is 16.5. The fourth-order valence-corrected chi connectivity index (χ4v) is 2.57. The number of benzene rings is 1. The summed E-state index contributed by atoms with van der Waals surface area (Å²) in [6.45, 7) is 1.85.